The number of benzene rings is 1. The van der Waals surface area contributed by atoms with Gasteiger partial charge in [-0.3, -0.25) is 4.98 Å². The summed E-state index contributed by atoms with van der Waals surface area (Å²) in [4.78, 5) is 15.8. The first kappa shape index (κ1) is 16.4. The van der Waals surface area contributed by atoms with Gasteiger partial charge in [0.05, 0.1) is 13.1 Å². The maximum Gasteiger partial charge on any atom is 0.236 e. The molecule has 2 fully saturated rings. The summed E-state index contributed by atoms with van der Waals surface area (Å²) in [5.41, 5.74) is 0.975. The Morgan fingerprint density at radius 1 is 0.963 bits per heavy atom. The number of hydrogen-bond acceptors (Lipinski definition) is 6. The number of pyridine rings is 1. The van der Waals surface area contributed by atoms with Gasteiger partial charge >= 0.3 is 0 Å². The van der Waals surface area contributed by atoms with Gasteiger partial charge in [0, 0.05) is 43.1 Å². The largest absolute Gasteiger partial charge is 0.469 e. The Morgan fingerprint density at radius 3 is 2.59 bits per heavy atom. The molecule has 0 saturated carbocycles. The Labute approximate surface area is 158 Å². The van der Waals surface area contributed by atoms with Crippen molar-refractivity contribution < 1.29 is 9.47 Å². The lowest BCUT2D eigenvalue weighted by atomic mass is 9.96. The van der Waals surface area contributed by atoms with Crippen LogP contribution in [-0.4, -0.2) is 47.4 Å². The standard InChI is InChI=1S/C21H22N4O2/c1-2-4-17-12-24-19(11-16(17)3-1)25-13-18(14-25)27-21-20(22-7-8-23-21)15-5-9-26-10-6-15/h1-4,7-8,11-12,15,18H,5-6,9-10,13-14H2. The minimum absolute atomic E-state index is 0.119. The van der Waals surface area contributed by atoms with Gasteiger partial charge in [-0.15, -0.1) is 0 Å². The van der Waals surface area contributed by atoms with Crippen LogP contribution in [-0.2, 0) is 4.74 Å². The molecular weight excluding hydrogens is 340 g/mol. The molecule has 2 saturated heterocycles. The van der Waals surface area contributed by atoms with Gasteiger partial charge < -0.3 is 14.4 Å². The first-order chi connectivity index (χ1) is 13.4. The summed E-state index contributed by atoms with van der Waals surface area (Å²) in [5.74, 6) is 2.05. The van der Waals surface area contributed by atoms with Crippen LogP contribution < -0.4 is 9.64 Å². The summed E-state index contributed by atoms with van der Waals surface area (Å²) in [6, 6.07) is 10.4. The van der Waals surface area contributed by atoms with E-state index in [0.29, 0.717) is 11.8 Å². The second kappa shape index (κ2) is 7.12. The Balaban J connectivity index is 1.26. The lowest BCUT2D eigenvalue weighted by Crippen LogP contribution is -2.54. The minimum Gasteiger partial charge on any atom is -0.469 e. The molecule has 0 unspecified atom stereocenters. The molecule has 138 valence electrons. The first-order valence-corrected chi connectivity index (χ1v) is 9.52. The van der Waals surface area contributed by atoms with Crippen LogP contribution in [0.2, 0.25) is 0 Å². The van der Waals surface area contributed by atoms with E-state index in [1.54, 1.807) is 12.4 Å². The molecule has 3 aromatic rings. The van der Waals surface area contributed by atoms with E-state index in [-0.39, 0.29) is 6.10 Å². The molecule has 0 N–H and O–H groups in total. The fourth-order valence-corrected chi connectivity index (χ4v) is 3.78. The van der Waals surface area contributed by atoms with Crippen molar-refractivity contribution in [3.05, 3.63) is 54.6 Å². The molecular formula is C21H22N4O2. The van der Waals surface area contributed by atoms with Crippen molar-refractivity contribution in [3.63, 3.8) is 0 Å². The second-order valence-corrected chi connectivity index (χ2v) is 7.17. The SMILES string of the molecule is c1ccc2cc(N3CC(Oc4nccnc4C4CCOCC4)C3)ncc2c1. The van der Waals surface area contributed by atoms with Crippen LogP contribution in [0.15, 0.2) is 48.9 Å². The van der Waals surface area contributed by atoms with E-state index in [0.717, 1.165) is 56.0 Å². The summed E-state index contributed by atoms with van der Waals surface area (Å²) in [5, 5.41) is 2.37. The van der Waals surface area contributed by atoms with Gasteiger partial charge in [0.15, 0.2) is 0 Å². The first-order valence-electron chi connectivity index (χ1n) is 9.52. The Bertz CT molecular complexity index is 936. The predicted octanol–water partition coefficient (Wildman–Crippen LogP) is 3.19. The van der Waals surface area contributed by atoms with Crippen molar-refractivity contribution in [2.75, 3.05) is 31.2 Å². The third-order valence-electron chi connectivity index (χ3n) is 5.37. The molecule has 6 heteroatoms. The maximum atomic E-state index is 6.19. The predicted molar refractivity (Wildman–Crippen MR) is 103 cm³/mol. The molecule has 0 radical (unpaired) electrons. The van der Waals surface area contributed by atoms with Crippen molar-refractivity contribution >= 4 is 16.6 Å². The molecule has 1 aromatic carbocycles. The van der Waals surface area contributed by atoms with E-state index in [9.17, 15) is 0 Å². The van der Waals surface area contributed by atoms with Crippen LogP contribution in [0, 0.1) is 0 Å². The quantitative estimate of drug-likeness (QED) is 0.710. The summed E-state index contributed by atoms with van der Waals surface area (Å²) < 4.78 is 11.7. The molecule has 0 aliphatic carbocycles. The zero-order valence-corrected chi connectivity index (χ0v) is 15.1. The Morgan fingerprint density at radius 2 is 1.74 bits per heavy atom. The van der Waals surface area contributed by atoms with Gasteiger partial charge in [0.2, 0.25) is 5.88 Å². The topological polar surface area (TPSA) is 60.4 Å². The fourth-order valence-electron chi connectivity index (χ4n) is 3.78. The van der Waals surface area contributed by atoms with Crippen molar-refractivity contribution in [2.24, 2.45) is 0 Å². The number of rotatable bonds is 4. The van der Waals surface area contributed by atoms with Crippen LogP contribution in [0.4, 0.5) is 5.82 Å². The van der Waals surface area contributed by atoms with Gasteiger partial charge in [0.1, 0.15) is 17.6 Å². The number of aromatic nitrogens is 3. The van der Waals surface area contributed by atoms with Gasteiger partial charge in [-0.05, 0) is 24.3 Å². The molecule has 4 heterocycles. The normalized spacial score (nSPS) is 18.4. The van der Waals surface area contributed by atoms with Crippen molar-refractivity contribution in [3.8, 4) is 5.88 Å². The smallest absolute Gasteiger partial charge is 0.236 e. The lowest BCUT2D eigenvalue weighted by Gasteiger charge is -2.40. The molecule has 2 aliphatic heterocycles. The summed E-state index contributed by atoms with van der Waals surface area (Å²) in [6.45, 7) is 3.20. The van der Waals surface area contributed by atoms with Gasteiger partial charge in [0.25, 0.3) is 0 Å². The highest BCUT2D eigenvalue weighted by Gasteiger charge is 2.32. The van der Waals surface area contributed by atoms with E-state index >= 15 is 0 Å². The molecule has 0 spiro atoms. The molecule has 6 nitrogen and oxygen atoms in total. The summed E-state index contributed by atoms with van der Waals surface area (Å²) in [6.07, 6.45) is 7.47. The highest BCUT2D eigenvalue weighted by molar-refractivity contribution is 5.84. The molecule has 5 rings (SSSR count). The summed E-state index contributed by atoms with van der Waals surface area (Å²) >= 11 is 0. The van der Waals surface area contributed by atoms with Gasteiger partial charge in [-0.1, -0.05) is 24.3 Å². The number of nitrogens with zero attached hydrogens (tertiary/aromatic N) is 4. The van der Waals surface area contributed by atoms with E-state index in [1.165, 1.54) is 5.39 Å². The highest BCUT2D eigenvalue weighted by atomic mass is 16.5. The van der Waals surface area contributed by atoms with Crippen molar-refractivity contribution in [1.29, 1.82) is 0 Å². The van der Waals surface area contributed by atoms with E-state index < -0.39 is 0 Å². The number of ether oxygens (including phenoxy) is 2. The van der Waals surface area contributed by atoms with Crippen LogP contribution in [0.5, 0.6) is 5.88 Å². The van der Waals surface area contributed by atoms with E-state index in [4.69, 9.17) is 9.47 Å². The zero-order valence-electron chi connectivity index (χ0n) is 15.1. The number of anilines is 1. The average molecular weight is 362 g/mol. The second-order valence-electron chi connectivity index (χ2n) is 7.17. The van der Waals surface area contributed by atoms with Crippen molar-refractivity contribution in [1.82, 2.24) is 15.0 Å². The number of hydrogen-bond donors (Lipinski definition) is 0. The van der Waals surface area contributed by atoms with Crippen LogP contribution in [0.1, 0.15) is 24.5 Å². The Hall–Kier alpha value is -2.73. The van der Waals surface area contributed by atoms with Crippen molar-refractivity contribution in [2.45, 2.75) is 24.9 Å². The maximum absolute atomic E-state index is 6.19. The average Bonchev–Trinajstić information content (AvgIpc) is 2.71. The van der Waals surface area contributed by atoms with Crippen LogP contribution in [0.3, 0.4) is 0 Å². The molecule has 0 atom stereocenters. The lowest BCUT2D eigenvalue weighted by molar-refractivity contribution is 0.0822. The molecule has 2 aromatic heterocycles. The molecule has 0 bridgehead atoms. The molecule has 27 heavy (non-hydrogen) atoms. The fraction of sp³-hybridized carbons (Fsp3) is 0.381. The van der Waals surface area contributed by atoms with Crippen LogP contribution >= 0.6 is 0 Å². The van der Waals surface area contributed by atoms with Gasteiger partial charge in [-0.2, -0.15) is 0 Å². The highest BCUT2D eigenvalue weighted by Crippen LogP contribution is 2.32. The van der Waals surface area contributed by atoms with Gasteiger partial charge in [-0.25, -0.2) is 9.97 Å². The third-order valence-corrected chi connectivity index (χ3v) is 5.37. The molecule has 0 amide bonds. The third kappa shape index (κ3) is 3.32. The van der Waals surface area contributed by atoms with E-state index in [2.05, 4.69) is 44.1 Å². The molecule has 2 aliphatic rings. The van der Waals surface area contributed by atoms with Crippen LogP contribution in [0.25, 0.3) is 10.8 Å². The minimum atomic E-state index is 0.119. The summed E-state index contributed by atoms with van der Waals surface area (Å²) in [7, 11) is 0. The monoisotopic (exact) mass is 362 g/mol. The van der Waals surface area contributed by atoms with E-state index in [1.807, 2.05) is 12.3 Å². The zero-order chi connectivity index (χ0) is 18.1. The number of fused-ring (bicyclic) bond motifs is 1. The Kier molecular flexibility index (Phi) is 4.33.